The summed E-state index contributed by atoms with van der Waals surface area (Å²) in [6, 6.07) is 11.9. The predicted octanol–water partition coefficient (Wildman–Crippen LogP) is 3.94. The van der Waals surface area contributed by atoms with E-state index in [-0.39, 0.29) is 11.9 Å². The fourth-order valence-corrected chi connectivity index (χ4v) is 5.46. The monoisotopic (exact) mass is 395 g/mol. The van der Waals surface area contributed by atoms with Gasteiger partial charge in [0.15, 0.2) is 0 Å². The number of pyridine rings is 1. The Morgan fingerprint density at radius 3 is 2.61 bits per heavy atom. The van der Waals surface area contributed by atoms with Crippen molar-refractivity contribution >= 4 is 17.5 Å². The van der Waals surface area contributed by atoms with Crippen LogP contribution in [0.25, 0.3) is 0 Å². The standard InChI is InChI=1S/C23H26ClN3O/c24-20-5-3-18(4-6-20)23-22-17(2-1-10-25-22)9-13-27(23)21(28)14-19-15-26-11-7-16(19)8-12-26/h1-6,10,16,19,23H,7-9,11-15H2/t19-,23-/m1/s1. The van der Waals surface area contributed by atoms with Crippen molar-refractivity contribution in [1.82, 2.24) is 14.8 Å². The molecule has 3 saturated heterocycles. The highest BCUT2D eigenvalue weighted by molar-refractivity contribution is 6.30. The highest BCUT2D eigenvalue weighted by Gasteiger charge is 2.38. The highest BCUT2D eigenvalue weighted by atomic mass is 35.5. The van der Waals surface area contributed by atoms with Gasteiger partial charge in [-0.25, -0.2) is 0 Å². The van der Waals surface area contributed by atoms with Gasteiger partial charge >= 0.3 is 0 Å². The average Bonchev–Trinajstić information content (AvgIpc) is 2.74. The predicted molar refractivity (Wildman–Crippen MR) is 110 cm³/mol. The molecule has 0 N–H and O–H groups in total. The van der Waals surface area contributed by atoms with Crippen LogP contribution in [-0.2, 0) is 11.2 Å². The molecule has 5 heteroatoms. The van der Waals surface area contributed by atoms with E-state index in [1.807, 2.05) is 36.5 Å². The van der Waals surface area contributed by atoms with E-state index < -0.39 is 0 Å². The zero-order valence-corrected chi connectivity index (χ0v) is 16.8. The van der Waals surface area contributed by atoms with Gasteiger partial charge in [-0.3, -0.25) is 9.78 Å². The molecule has 1 aromatic carbocycles. The number of amides is 1. The molecule has 4 aliphatic rings. The third kappa shape index (κ3) is 3.33. The van der Waals surface area contributed by atoms with Gasteiger partial charge in [0.1, 0.15) is 0 Å². The first-order chi connectivity index (χ1) is 13.7. The second kappa shape index (κ2) is 7.49. The van der Waals surface area contributed by atoms with E-state index in [1.54, 1.807) is 0 Å². The second-order valence-electron chi connectivity index (χ2n) is 8.44. The molecular formula is C23H26ClN3O. The van der Waals surface area contributed by atoms with E-state index in [9.17, 15) is 4.79 Å². The number of carbonyl (C=O) groups is 1. The SMILES string of the molecule is O=C(C[C@@H]1CN2CCC1CC2)N1CCc2cccnc2[C@H]1c1ccc(Cl)cc1. The lowest BCUT2D eigenvalue weighted by Gasteiger charge is -2.45. The number of hydrogen-bond donors (Lipinski definition) is 0. The van der Waals surface area contributed by atoms with Crippen LogP contribution in [0, 0.1) is 11.8 Å². The molecular weight excluding hydrogens is 370 g/mol. The Hall–Kier alpha value is -1.91. The lowest BCUT2D eigenvalue weighted by atomic mass is 9.77. The molecule has 2 bridgehead atoms. The Kier molecular flexibility index (Phi) is 4.85. The molecule has 5 heterocycles. The van der Waals surface area contributed by atoms with E-state index in [2.05, 4.69) is 20.9 Å². The summed E-state index contributed by atoms with van der Waals surface area (Å²) in [4.78, 5) is 22.7. The quantitative estimate of drug-likeness (QED) is 0.789. The Labute approximate surface area is 171 Å². The number of nitrogens with zero attached hydrogens (tertiary/aromatic N) is 3. The lowest BCUT2D eigenvalue weighted by Crippen LogP contribution is -2.49. The van der Waals surface area contributed by atoms with Crippen LogP contribution in [0.1, 0.15) is 42.1 Å². The lowest BCUT2D eigenvalue weighted by molar-refractivity contribution is -0.136. The van der Waals surface area contributed by atoms with Gasteiger partial charge < -0.3 is 9.80 Å². The summed E-state index contributed by atoms with van der Waals surface area (Å²) in [7, 11) is 0. The number of fused-ring (bicyclic) bond motifs is 4. The minimum absolute atomic E-state index is 0.115. The average molecular weight is 396 g/mol. The maximum Gasteiger partial charge on any atom is 0.223 e. The molecule has 1 amide bonds. The van der Waals surface area contributed by atoms with Gasteiger partial charge in [-0.2, -0.15) is 0 Å². The molecule has 2 aromatic rings. The van der Waals surface area contributed by atoms with E-state index in [0.29, 0.717) is 17.4 Å². The van der Waals surface area contributed by atoms with E-state index >= 15 is 0 Å². The molecule has 4 nitrogen and oxygen atoms in total. The molecule has 0 spiro atoms. The fourth-order valence-electron chi connectivity index (χ4n) is 5.34. The Balaban J connectivity index is 1.43. The van der Waals surface area contributed by atoms with Crippen LogP contribution in [0.5, 0.6) is 0 Å². The number of halogens is 1. The first kappa shape index (κ1) is 18.1. The molecule has 0 unspecified atom stereocenters. The zero-order chi connectivity index (χ0) is 19.1. The van der Waals surface area contributed by atoms with E-state index in [0.717, 1.165) is 36.7 Å². The maximum absolute atomic E-state index is 13.5. The number of carbonyl (C=O) groups excluding carboxylic acids is 1. The van der Waals surface area contributed by atoms with Crippen molar-refractivity contribution in [3.63, 3.8) is 0 Å². The highest BCUT2D eigenvalue weighted by Crippen LogP contribution is 2.38. The van der Waals surface area contributed by atoms with Gasteiger partial charge in [-0.1, -0.05) is 29.8 Å². The summed E-state index contributed by atoms with van der Waals surface area (Å²) >= 11 is 6.11. The molecule has 2 atom stereocenters. The minimum Gasteiger partial charge on any atom is -0.330 e. The summed E-state index contributed by atoms with van der Waals surface area (Å²) in [6.45, 7) is 4.27. The Morgan fingerprint density at radius 2 is 1.89 bits per heavy atom. The molecule has 28 heavy (non-hydrogen) atoms. The van der Waals surface area contributed by atoms with Crippen molar-refractivity contribution in [2.75, 3.05) is 26.2 Å². The third-order valence-corrected chi connectivity index (χ3v) is 7.11. The summed E-state index contributed by atoms with van der Waals surface area (Å²) in [5.41, 5.74) is 3.35. The number of hydrogen-bond acceptors (Lipinski definition) is 3. The molecule has 0 saturated carbocycles. The number of aromatic nitrogens is 1. The second-order valence-corrected chi connectivity index (χ2v) is 8.88. The van der Waals surface area contributed by atoms with E-state index in [1.165, 1.54) is 31.5 Å². The minimum atomic E-state index is -0.115. The van der Waals surface area contributed by atoms with Gasteiger partial charge in [0.2, 0.25) is 5.91 Å². The maximum atomic E-state index is 13.5. The summed E-state index contributed by atoms with van der Waals surface area (Å²) in [5.74, 6) is 1.50. The summed E-state index contributed by atoms with van der Waals surface area (Å²) < 4.78 is 0. The molecule has 0 aliphatic carbocycles. The van der Waals surface area contributed by atoms with Crippen LogP contribution in [0.3, 0.4) is 0 Å². The van der Waals surface area contributed by atoms with Crippen molar-refractivity contribution in [3.05, 3.63) is 64.4 Å². The van der Waals surface area contributed by atoms with Crippen molar-refractivity contribution in [3.8, 4) is 0 Å². The topological polar surface area (TPSA) is 36.4 Å². The van der Waals surface area contributed by atoms with Crippen molar-refractivity contribution in [2.24, 2.45) is 11.8 Å². The third-order valence-electron chi connectivity index (χ3n) is 6.85. The molecule has 3 fully saturated rings. The van der Waals surface area contributed by atoms with Crippen molar-refractivity contribution in [1.29, 1.82) is 0 Å². The smallest absolute Gasteiger partial charge is 0.223 e. The molecule has 146 valence electrons. The van der Waals surface area contributed by atoms with Crippen LogP contribution in [-0.4, -0.2) is 46.9 Å². The first-order valence-corrected chi connectivity index (χ1v) is 10.8. The fraction of sp³-hybridized carbons (Fsp3) is 0.478. The number of piperidine rings is 3. The normalized spacial score (nSPS) is 28.8. The molecule has 6 rings (SSSR count). The summed E-state index contributed by atoms with van der Waals surface area (Å²) in [5, 5.41) is 0.714. The van der Waals surface area contributed by atoms with Crippen molar-refractivity contribution < 1.29 is 4.79 Å². The van der Waals surface area contributed by atoms with Gasteiger partial charge in [-0.15, -0.1) is 0 Å². The first-order valence-electron chi connectivity index (χ1n) is 10.4. The van der Waals surface area contributed by atoms with Gasteiger partial charge in [0, 0.05) is 30.7 Å². The Morgan fingerprint density at radius 1 is 1.11 bits per heavy atom. The van der Waals surface area contributed by atoms with Gasteiger partial charge in [0.05, 0.1) is 11.7 Å². The number of benzene rings is 1. The Bertz CT molecular complexity index is 860. The van der Waals surface area contributed by atoms with Crippen LogP contribution in [0.4, 0.5) is 0 Å². The van der Waals surface area contributed by atoms with Gasteiger partial charge in [-0.05, 0) is 73.5 Å². The van der Waals surface area contributed by atoms with Crippen LogP contribution in [0.2, 0.25) is 5.02 Å². The molecule has 4 aliphatic heterocycles. The van der Waals surface area contributed by atoms with Crippen LogP contribution in [0.15, 0.2) is 42.6 Å². The summed E-state index contributed by atoms with van der Waals surface area (Å²) in [6.07, 6.45) is 5.88. The molecule has 0 radical (unpaired) electrons. The van der Waals surface area contributed by atoms with Crippen LogP contribution >= 0.6 is 11.6 Å². The largest absolute Gasteiger partial charge is 0.330 e. The zero-order valence-electron chi connectivity index (χ0n) is 16.1. The molecule has 1 aromatic heterocycles. The van der Waals surface area contributed by atoms with Crippen molar-refractivity contribution in [2.45, 2.75) is 31.7 Å². The van der Waals surface area contributed by atoms with Gasteiger partial charge in [0.25, 0.3) is 0 Å². The van der Waals surface area contributed by atoms with Crippen LogP contribution < -0.4 is 0 Å². The number of rotatable bonds is 3. The van der Waals surface area contributed by atoms with E-state index in [4.69, 9.17) is 11.6 Å².